The van der Waals surface area contributed by atoms with Gasteiger partial charge in [-0.1, -0.05) is 29.3 Å². The van der Waals surface area contributed by atoms with Crippen molar-refractivity contribution < 1.29 is 4.79 Å². The molecule has 0 bridgehead atoms. The summed E-state index contributed by atoms with van der Waals surface area (Å²) in [5.41, 5.74) is 1.79. The van der Waals surface area contributed by atoms with E-state index in [1.54, 1.807) is 24.4 Å². The van der Waals surface area contributed by atoms with Gasteiger partial charge in [-0.3, -0.25) is 9.78 Å². The van der Waals surface area contributed by atoms with E-state index in [-0.39, 0.29) is 5.91 Å². The maximum atomic E-state index is 12.6. The second kappa shape index (κ2) is 8.65. The van der Waals surface area contributed by atoms with E-state index < -0.39 is 0 Å². The molecule has 2 aromatic rings. The molecule has 1 saturated heterocycles. The number of hydrogen-bond acceptors (Lipinski definition) is 3. The van der Waals surface area contributed by atoms with Gasteiger partial charge in [-0.15, -0.1) is 0 Å². The molecule has 132 valence electrons. The lowest BCUT2D eigenvalue weighted by atomic mass is 9.96. The van der Waals surface area contributed by atoms with Crippen LogP contribution in [0.1, 0.15) is 28.8 Å². The average Bonchev–Trinajstić information content (AvgIpc) is 2.65. The average molecular weight is 378 g/mol. The molecule has 3 rings (SSSR count). The van der Waals surface area contributed by atoms with Crippen LogP contribution in [0, 0.1) is 5.92 Å². The van der Waals surface area contributed by atoms with Gasteiger partial charge in [0.1, 0.15) is 0 Å². The van der Waals surface area contributed by atoms with Crippen molar-refractivity contribution in [1.29, 1.82) is 0 Å². The van der Waals surface area contributed by atoms with Crippen LogP contribution in [0.2, 0.25) is 10.0 Å². The number of nitrogens with one attached hydrogen (secondary N) is 1. The summed E-state index contributed by atoms with van der Waals surface area (Å²) in [6, 6.07) is 9.07. The number of benzene rings is 1. The SMILES string of the molecule is O=C(c1ccc(Cl)c(Cl)c1)N1CCC(CNCc2cccnc2)CC1. The molecule has 2 heterocycles. The smallest absolute Gasteiger partial charge is 0.253 e. The van der Waals surface area contributed by atoms with Gasteiger partial charge in [-0.25, -0.2) is 0 Å². The second-order valence-corrected chi connectivity index (χ2v) is 7.17. The van der Waals surface area contributed by atoms with E-state index >= 15 is 0 Å². The summed E-state index contributed by atoms with van der Waals surface area (Å²) < 4.78 is 0. The predicted molar refractivity (Wildman–Crippen MR) is 101 cm³/mol. The lowest BCUT2D eigenvalue weighted by Crippen LogP contribution is -2.40. The Kier molecular flexibility index (Phi) is 6.29. The van der Waals surface area contributed by atoms with Gasteiger partial charge < -0.3 is 10.2 Å². The van der Waals surface area contributed by atoms with E-state index in [0.717, 1.165) is 39.0 Å². The molecule has 1 aromatic carbocycles. The van der Waals surface area contributed by atoms with Gasteiger partial charge in [0.05, 0.1) is 10.0 Å². The summed E-state index contributed by atoms with van der Waals surface area (Å²) in [6.45, 7) is 3.34. The number of nitrogens with zero attached hydrogens (tertiary/aromatic N) is 2. The van der Waals surface area contributed by atoms with E-state index in [4.69, 9.17) is 23.2 Å². The van der Waals surface area contributed by atoms with E-state index in [9.17, 15) is 4.79 Å². The Labute approximate surface area is 158 Å². The molecule has 0 aliphatic carbocycles. The van der Waals surface area contributed by atoms with Crippen LogP contribution < -0.4 is 5.32 Å². The third-order valence-electron chi connectivity index (χ3n) is 4.55. The van der Waals surface area contributed by atoms with Gasteiger partial charge in [0.15, 0.2) is 0 Å². The Morgan fingerprint density at radius 1 is 1.20 bits per heavy atom. The summed E-state index contributed by atoms with van der Waals surface area (Å²) in [4.78, 5) is 18.6. The quantitative estimate of drug-likeness (QED) is 0.855. The van der Waals surface area contributed by atoms with E-state index in [2.05, 4.69) is 16.4 Å². The highest BCUT2D eigenvalue weighted by Gasteiger charge is 2.23. The molecule has 1 N–H and O–H groups in total. The van der Waals surface area contributed by atoms with Crippen LogP contribution in [0.3, 0.4) is 0 Å². The van der Waals surface area contributed by atoms with Gasteiger partial charge in [0.25, 0.3) is 5.91 Å². The molecule has 1 aliphatic rings. The zero-order valence-electron chi connectivity index (χ0n) is 13.9. The molecule has 1 fully saturated rings. The maximum absolute atomic E-state index is 12.6. The van der Waals surface area contributed by atoms with Crippen molar-refractivity contribution in [2.24, 2.45) is 5.92 Å². The van der Waals surface area contributed by atoms with Crippen molar-refractivity contribution in [3.63, 3.8) is 0 Å². The molecule has 0 radical (unpaired) electrons. The molecule has 1 aliphatic heterocycles. The zero-order valence-corrected chi connectivity index (χ0v) is 15.4. The fourth-order valence-corrected chi connectivity index (χ4v) is 3.37. The molecule has 0 saturated carbocycles. The number of carbonyl (C=O) groups excluding carboxylic acids is 1. The molecule has 6 heteroatoms. The first-order valence-corrected chi connectivity index (χ1v) is 9.23. The van der Waals surface area contributed by atoms with E-state index in [0.29, 0.717) is 21.5 Å². The standard InChI is InChI=1S/C19H21Cl2N3O/c20-17-4-3-16(10-18(17)21)19(25)24-8-5-14(6-9-24)11-23-13-15-2-1-7-22-12-15/h1-4,7,10,12,14,23H,5-6,8-9,11,13H2. The first-order chi connectivity index (χ1) is 12.1. The maximum Gasteiger partial charge on any atom is 0.253 e. The van der Waals surface area contributed by atoms with Crippen molar-refractivity contribution in [2.75, 3.05) is 19.6 Å². The molecule has 4 nitrogen and oxygen atoms in total. The van der Waals surface area contributed by atoms with Crippen LogP contribution in [0.15, 0.2) is 42.7 Å². The number of halogens is 2. The first kappa shape index (κ1) is 18.2. The number of aromatic nitrogens is 1. The number of hydrogen-bond donors (Lipinski definition) is 1. The van der Waals surface area contributed by atoms with Gasteiger partial charge >= 0.3 is 0 Å². The van der Waals surface area contributed by atoms with Crippen molar-refractivity contribution in [2.45, 2.75) is 19.4 Å². The molecule has 1 aromatic heterocycles. The van der Waals surface area contributed by atoms with Gasteiger partial charge in [0.2, 0.25) is 0 Å². The first-order valence-electron chi connectivity index (χ1n) is 8.47. The van der Waals surface area contributed by atoms with Crippen molar-refractivity contribution in [1.82, 2.24) is 15.2 Å². The summed E-state index contributed by atoms with van der Waals surface area (Å²) in [5.74, 6) is 0.620. The number of rotatable bonds is 5. The second-order valence-electron chi connectivity index (χ2n) is 6.36. The van der Waals surface area contributed by atoms with Crippen molar-refractivity contribution >= 4 is 29.1 Å². The summed E-state index contributed by atoms with van der Waals surface area (Å²) >= 11 is 11.9. The highest BCUT2D eigenvalue weighted by atomic mass is 35.5. The third kappa shape index (κ3) is 4.94. The fraction of sp³-hybridized carbons (Fsp3) is 0.368. The molecule has 1 amide bonds. The lowest BCUT2D eigenvalue weighted by molar-refractivity contribution is 0.0690. The Morgan fingerprint density at radius 2 is 2.00 bits per heavy atom. The topological polar surface area (TPSA) is 45.2 Å². The Balaban J connectivity index is 1.45. The number of likely N-dealkylation sites (tertiary alicyclic amines) is 1. The van der Waals surface area contributed by atoms with Gasteiger partial charge in [-0.05, 0) is 55.1 Å². The van der Waals surface area contributed by atoms with E-state index in [1.807, 2.05) is 17.2 Å². The lowest BCUT2D eigenvalue weighted by Gasteiger charge is -2.32. The van der Waals surface area contributed by atoms with Crippen molar-refractivity contribution in [3.05, 3.63) is 63.9 Å². The predicted octanol–water partition coefficient (Wildman–Crippen LogP) is 4.03. The summed E-state index contributed by atoms with van der Waals surface area (Å²) in [5, 5.41) is 4.37. The number of carbonyl (C=O) groups is 1. The Hall–Kier alpha value is -1.62. The number of pyridine rings is 1. The van der Waals surface area contributed by atoms with Crippen LogP contribution in [0.5, 0.6) is 0 Å². The molecular formula is C19H21Cl2N3O. The highest BCUT2D eigenvalue weighted by Crippen LogP contribution is 2.24. The zero-order chi connectivity index (χ0) is 17.6. The Bertz CT molecular complexity index is 716. The fourth-order valence-electron chi connectivity index (χ4n) is 3.08. The molecule has 25 heavy (non-hydrogen) atoms. The number of piperidine rings is 1. The van der Waals surface area contributed by atoms with E-state index in [1.165, 1.54) is 5.56 Å². The third-order valence-corrected chi connectivity index (χ3v) is 5.29. The minimum absolute atomic E-state index is 0.0281. The Morgan fingerprint density at radius 3 is 2.68 bits per heavy atom. The minimum Gasteiger partial charge on any atom is -0.339 e. The molecule has 0 atom stereocenters. The normalized spacial score (nSPS) is 15.4. The summed E-state index contributed by atoms with van der Waals surface area (Å²) in [6.07, 6.45) is 5.68. The van der Waals surface area contributed by atoms with Crippen LogP contribution in [-0.2, 0) is 6.54 Å². The largest absolute Gasteiger partial charge is 0.339 e. The minimum atomic E-state index is 0.0281. The highest BCUT2D eigenvalue weighted by molar-refractivity contribution is 6.42. The molecule has 0 unspecified atom stereocenters. The van der Waals surface area contributed by atoms with Crippen molar-refractivity contribution in [3.8, 4) is 0 Å². The van der Waals surface area contributed by atoms with Crippen LogP contribution in [0.25, 0.3) is 0 Å². The molecular weight excluding hydrogens is 357 g/mol. The molecule has 0 spiro atoms. The van der Waals surface area contributed by atoms with Gasteiger partial charge in [-0.2, -0.15) is 0 Å². The van der Waals surface area contributed by atoms with Crippen LogP contribution in [-0.4, -0.2) is 35.4 Å². The number of amides is 1. The van der Waals surface area contributed by atoms with Gasteiger partial charge in [0, 0.05) is 37.6 Å². The summed E-state index contributed by atoms with van der Waals surface area (Å²) in [7, 11) is 0. The van der Waals surface area contributed by atoms with Crippen LogP contribution in [0.4, 0.5) is 0 Å². The van der Waals surface area contributed by atoms with Crippen LogP contribution >= 0.6 is 23.2 Å². The monoisotopic (exact) mass is 377 g/mol.